The third-order valence-electron chi connectivity index (χ3n) is 5.58. The molecule has 174 valence electrons. The van der Waals surface area contributed by atoms with E-state index in [0.29, 0.717) is 24.4 Å². The van der Waals surface area contributed by atoms with Gasteiger partial charge < -0.3 is 22.0 Å². The summed E-state index contributed by atoms with van der Waals surface area (Å²) in [5, 5.41) is 27.6. The molecule has 6 N–H and O–H groups in total. The summed E-state index contributed by atoms with van der Waals surface area (Å²) >= 11 is 0. The number of nitriles is 1. The van der Waals surface area contributed by atoms with E-state index >= 15 is 0 Å². The Balaban J connectivity index is 1.99. The predicted molar refractivity (Wildman–Crippen MR) is 131 cm³/mol. The topological polar surface area (TPSA) is 155 Å². The van der Waals surface area contributed by atoms with Crippen LogP contribution in [0.1, 0.15) is 47.3 Å². The van der Waals surface area contributed by atoms with Crippen molar-refractivity contribution >= 4 is 28.2 Å². The quantitative estimate of drug-likeness (QED) is 0.168. The molecule has 0 radical (unpaired) electrons. The zero-order chi connectivity index (χ0) is 24.8. The fraction of sp³-hybridized carbons (Fsp3) is 0.231. The second-order valence-corrected chi connectivity index (χ2v) is 8.43. The lowest BCUT2D eigenvalue weighted by Gasteiger charge is -2.19. The minimum atomic E-state index is -0.472. The molecule has 8 heteroatoms. The molecule has 0 heterocycles. The number of carbonyl (C=O) groups excluding carboxylic acids is 2. The van der Waals surface area contributed by atoms with Gasteiger partial charge in [0, 0.05) is 17.7 Å². The van der Waals surface area contributed by atoms with Gasteiger partial charge in [-0.05, 0) is 46.9 Å². The molecule has 1 unspecified atom stereocenters. The van der Waals surface area contributed by atoms with Gasteiger partial charge >= 0.3 is 0 Å². The van der Waals surface area contributed by atoms with Gasteiger partial charge in [0.15, 0.2) is 0 Å². The van der Waals surface area contributed by atoms with Crippen molar-refractivity contribution in [2.75, 3.05) is 0 Å². The van der Waals surface area contributed by atoms with E-state index in [0.717, 1.165) is 16.3 Å². The molecule has 0 saturated carbocycles. The van der Waals surface area contributed by atoms with Gasteiger partial charge in [-0.3, -0.25) is 9.59 Å². The first-order valence-electron chi connectivity index (χ1n) is 10.9. The SMILES string of the molecule is CC(C)CC(NCc1ccc(C(=NN)C(=O)c2ccc(O)c(C#N)c2)c2ccccc12)C(N)=O. The number of nitrogens with two attached hydrogens (primary N) is 2. The van der Waals surface area contributed by atoms with Crippen molar-refractivity contribution in [3.63, 3.8) is 0 Å². The first kappa shape index (κ1) is 24.4. The lowest BCUT2D eigenvalue weighted by atomic mass is 9.92. The summed E-state index contributed by atoms with van der Waals surface area (Å²) in [7, 11) is 0. The van der Waals surface area contributed by atoms with Crippen molar-refractivity contribution in [1.82, 2.24) is 5.32 Å². The molecule has 1 amide bonds. The molecule has 0 saturated heterocycles. The van der Waals surface area contributed by atoms with Crippen molar-refractivity contribution in [2.45, 2.75) is 32.9 Å². The summed E-state index contributed by atoms with van der Waals surface area (Å²) < 4.78 is 0. The van der Waals surface area contributed by atoms with Crippen molar-refractivity contribution in [1.29, 1.82) is 5.26 Å². The number of hydrogen-bond acceptors (Lipinski definition) is 7. The maximum Gasteiger partial charge on any atom is 0.234 e. The monoisotopic (exact) mass is 457 g/mol. The number of nitrogens with zero attached hydrogens (tertiary/aromatic N) is 2. The Kier molecular flexibility index (Phi) is 7.61. The summed E-state index contributed by atoms with van der Waals surface area (Å²) in [4.78, 5) is 25.0. The number of phenolic OH excluding ortho intramolecular Hbond substituents is 1. The first-order chi connectivity index (χ1) is 16.3. The van der Waals surface area contributed by atoms with Crippen LogP contribution in [0.2, 0.25) is 0 Å². The van der Waals surface area contributed by atoms with E-state index in [1.807, 2.05) is 50.2 Å². The highest BCUT2D eigenvalue weighted by molar-refractivity contribution is 6.53. The first-order valence-corrected chi connectivity index (χ1v) is 10.9. The van der Waals surface area contributed by atoms with E-state index in [4.69, 9.17) is 11.6 Å². The van der Waals surface area contributed by atoms with Crippen LogP contribution in [0, 0.1) is 17.2 Å². The molecule has 3 aromatic carbocycles. The molecule has 0 spiro atoms. The van der Waals surface area contributed by atoms with Crippen LogP contribution >= 0.6 is 0 Å². The largest absolute Gasteiger partial charge is 0.507 e. The van der Waals surface area contributed by atoms with Crippen LogP contribution in [0.15, 0.2) is 59.7 Å². The van der Waals surface area contributed by atoms with Crippen LogP contribution in [0.3, 0.4) is 0 Å². The Morgan fingerprint density at radius 1 is 1.12 bits per heavy atom. The van der Waals surface area contributed by atoms with Gasteiger partial charge in [0.25, 0.3) is 0 Å². The number of rotatable bonds is 9. The van der Waals surface area contributed by atoms with Crippen LogP contribution < -0.4 is 16.9 Å². The molecule has 0 aliphatic carbocycles. The number of ketones is 1. The lowest BCUT2D eigenvalue weighted by molar-refractivity contribution is -0.120. The summed E-state index contributed by atoms with van der Waals surface area (Å²) in [5.41, 5.74) is 7.22. The third kappa shape index (κ3) is 5.22. The van der Waals surface area contributed by atoms with Gasteiger partial charge in [-0.25, -0.2) is 0 Å². The zero-order valence-corrected chi connectivity index (χ0v) is 19.1. The number of carbonyl (C=O) groups is 2. The van der Waals surface area contributed by atoms with Crippen molar-refractivity contribution < 1.29 is 14.7 Å². The normalized spacial score (nSPS) is 12.5. The van der Waals surface area contributed by atoms with Gasteiger partial charge in [-0.15, -0.1) is 0 Å². The summed E-state index contributed by atoms with van der Waals surface area (Å²) in [5.74, 6) is 4.86. The van der Waals surface area contributed by atoms with Crippen LogP contribution in [0.5, 0.6) is 5.75 Å². The van der Waals surface area contributed by atoms with Crippen LogP contribution in [-0.2, 0) is 11.3 Å². The average molecular weight is 458 g/mol. The van der Waals surface area contributed by atoms with E-state index in [1.54, 1.807) is 6.07 Å². The highest BCUT2D eigenvalue weighted by Gasteiger charge is 2.21. The zero-order valence-electron chi connectivity index (χ0n) is 19.1. The molecule has 0 bridgehead atoms. The minimum Gasteiger partial charge on any atom is -0.507 e. The van der Waals surface area contributed by atoms with Crippen molar-refractivity contribution in [2.24, 2.45) is 22.6 Å². The van der Waals surface area contributed by atoms with Crippen LogP contribution in [0.4, 0.5) is 0 Å². The Bertz CT molecular complexity index is 1310. The number of Topliss-reactive ketones (excluding diaryl/α,β-unsaturated/α-hetero) is 1. The molecule has 0 aliphatic rings. The van der Waals surface area contributed by atoms with Gasteiger partial charge in [-0.1, -0.05) is 50.2 Å². The number of amides is 1. The summed E-state index contributed by atoms with van der Waals surface area (Å²) in [6, 6.07) is 16.6. The third-order valence-corrected chi connectivity index (χ3v) is 5.58. The van der Waals surface area contributed by atoms with E-state index < -0.39 is 17.7 Å². The molecule has 1 atom stereocenters. The fourth-order valence-corrected chi connectivity index (χ4v) is 3.88. The Morgan fingerprint density at radius 3 is 2.44 bits per heavy atom. The standard InChI is InChI=1S/C26H27N5O3/c1-15(2)11-22(26(28)34)30-14-17-7-9-21(20-6-4-3-5-19(17)20)24(31-29)25(33)16-8-10-23(32)18(12-16)13-27/h3-10,12,15,22,30,32H,11,14,29H2,1-2H3,(H2,28,34). The van der Waals surface area contributed by atoms with E-state index in [1.165, 1.54) is 18.2 Å². The molecular formula is C26H27N5O3. The van der Waals surface area contributed by atoms with Gasteiger partial charge in [0.2, 0.25) is 11.7 Å². The maximum atomic E-state index is 13.2. The second kappa shape index (κ2) is 10.6. The lowest BCUT2D eigenvalue weighted by Crippen LogP contribution is -2.41. The van der Waals surface area contributed by atoms with Crippen LogP contribution in [0.25, 0.3) is 10.8 Å². The number of primary amides is 1. The molecule has 0 aliphatic heterocycles. The average Bonchev–Trinajstić information content (AvgIpc) is 2.82. The molecule has 3 rings (SSSR count). The molecule has 8 nitrogen and oxygen atoms in total. The molecule has 0 aromatic heterocycles. The number of benzene rings is 3. The number of aromatic hydroxyl groups is 1. The number of hydrogen-bond donors (Lipinski definition) is 4. The second-order valence-electron chi connectivity index (χ2n) is 8.43. The summed E-state index contributed by atoms with van der Waals surface area (Å²) in [6.45, 7) is 4.47. The van der Waals surface area contributed by atoms with E-state index in [2.05, 4.69) is 10.4 Å². The molecular weight excluding hydrogens is 430 g/mol. The summed E-state index contributed by atoms with van der Waals surface area (Å²) in [6.07, 6.45) is 0.626. The van der Waals surface area contributed by atoms with Gasteiger partial charge in [0.1, 0.15) is 17.5 Å². The number of phenols is 1. The Labute approximate surface area is 197 Å². The predicted octanol–water partition coefficient (Wildman–Crippen LogP) is 2.95. The van der Waals surface area contributed by atoms with Crippen LogP contribution in [-0.4, -0.2) is 28.6 Å². The number of nitrogens with one attached hydrogen (secondary N) is 1. The number of fused-ring (bicyclic) bond motifs is 1. The highest BCUT2D eigenvalue weighted by atomic mass is 16.3. The fourth-order valence-electron chi connectivity index (χ4n) is 3.88. The molecule has 0 fully saturated rings. The maximum absolute atomic E-state index is 13.2. The smallest absolute Gasteiger partial charge is 0.234 e. The number of hydrazone groups is 1. The Hall–Kier alpha value is -4.22. The van der Waals surface area contributed by atoms with Crippen molar-refractivity contribution in [3.05, 3.63) is 76.9 Å². The highest BCUT2D eigenvalue weighted by Crippen LogP contribution is 2.26. The van der Waals surface area contributed by atoms with Crippen molar-refractivity contribution in [3.8, 4) is 11.8 Å². The molecule has 34 heavy (non-hydrogen) atoms. The molecule has 3 aromatic rings. The van der Waals surface area contributed by atoms with E-state index in [9.17, 15) is 20.0 Å². The van der Waals surface area contributed by atoms with E-state index in [-0.39, 0.29) is 22.6 Å². The Morgan fingerprint density at radius 2 is 1.82 bits per heavy atom. The van der Waals surface area contributed by atoms with Gasteiger partial charge in [0.05, 0.1) is 11.6 Å². The van der Waals surface area contributed by atoms with Gasteiger partial charge in [-0.2, -0.15) is 10.4 Å². The minimum absolute atomic E-state index is 0.0149.